The number of hydrogen-bond donors (Lipinski definition) is 0. The van der Waals surface area contributed by atoms with E-state index in [1.54, 1.807) is 92.2 Å². The third-order valence-corrected chi connectivity index (χ3v) is 7.61. The monoisotopic (exact) mass is 776 g/mol. The molecule has 0 saturated carbocycles. The summed E-state index contributed by atoms with van der Waals surface area (Å²) in [5.74, 6) is -0.189. The van der Waals surface area contributed by atoms with E-state index < -0.39 is 11.9 Å². The van der Waals surface area contributed by atoms with Gasteiger partial charge in [-0.1, -0.05) is 55.1 Å². The van der Waals surface area contributed by atoms with Crippen molar-refractivity contribution in [1.29, 1.82) is 0 Å². The first kappa shape index (κ1) is 44.8. The van der Waals surface area contributed by atoms with E-state index in [9.17, 15) is 24.3 Å². The van der Waals surface area contributed by atoms with Crippen molar-refractivity contribution >= 4 is 46.8 Å². The summed E-state index contributed by atoms with van der Waals surface area (Å²) in [5.41, 5.74) is 0.806. The van der Waals surface area contributed by atoms with Crippen molar-refractivity contribution in [3.8, 4) is 23.0 Å². The van der Waals surface area contributed by atoms with Crippen LogP contribution in [0.2, 0.25) is 10.0 Å². The van der Waals surface area contributed by atoms with E-state index in [-0.39, 0.29) is 95.1 Å². The van der Waals surface area contributed by atoms with Crippen LogP contribution < -0.4 is 66.0 Å². The number of carbonyl (C=O) groups excluding carboxylic acids is 4. The van der Waals surface area contributed by atoms with E-state index >= 15 is 0 Å². The fourth-order valence-electron chi connectivity index (χ4n) is 4.47. The van der Waals surface area contributed by atoms with E-state index in [0.717, 1.165) is 12.8 Å². The van der Waals surface area contributed by atoms with E-state index in [0.29, 0.717) is 44.4 Å². The largest absolute Gasteiger partial charge is 1.00 e. The normalized spacial score (nSPS) is 13.1. The third-order valence-electron chi connectivity index (χ3n) is 7.14. The summed E-state index contributed by atoms with van der Waals surface area (Å²) in [6.07, 6.45) is 4.99. The van der Waals surface area contributed by atoms with E-state index in [4.69, 9.17) is 32.7 Å². The molecule has 2 aromatic heterocycles. The number of halogens is 2. The number of unbranched alkanes of at least 4 members (excludes halogenated alkanes) is 1. The number of nitrogens with zero attached hydrogens (tertiary/aromatic N) is 4. The zero-order chi connectivity index (χ0) is 37.3. The van der Waals surface area contributed by atoms with Crippen LogP contribution >= 0.6 is 23.2 Å². The predicted octanol–water partition coefficient (Wildman–Crippen LogP) is 2.50. The topological polar surface area (TPSA) is 151 Å². The van der Waals surface area contributed by atoms with Crippen molar-refractivity contribution in [3.63, 3.8) is 0 Å². The molecule has 5 rings (SSSR count). The number of methoxy groups -OCH3 is 1. The van der Waals surface area contributed by atoms with Gasteiger partial charge in [0, 0.05) is 36.5 Å². The minimum atomic E-state index is -0.902. The molecule has 12 nitrogen and oxygen atoms in total. The Morgan fingerprint density at radius 3 is 2.00 bits per heavy atom. The first-order chi connectivity index (χ1) is 24.5. The van der Waals surface area contributed by atoms with Gasteiger partial charge in [-0.05, 0) is 60.7 Å². The van der Waals surface area contributed by atoms with Crippen LogP contribution in [-0.2, 0) is 30.3 Å². The molecule has 270 valence electrons. The van der Waals surface area contributed by atoms with Gasteiger partial charge in [-0.15, -0.1) is 6.61 Å². The average molecular weight is 778 g/mol. The number of ether oxygens (including phenoxy) is 3. The first-order valence-corrected chi connectivity index (χ1v) is 16.6. The number of benzene rings is 2. The fraction of sp³-hybridized carbons (Fsp3) is 0.297. The minimum absolute atomic E-state index is 0. The van der Waals surface area contributed by atoms with Crippen LogP contribution in [0.25, 0.3) is 0 Å². The van der Waals surface area contributed by atoms with Crippen molar-refractivity contribution in [2.24, 2.45) is 0 Å². The van der Waals surface area contributed by atoms with E-state index in [1.165, 1.54) is 24.0 Å². The Balaban J connectivity index is 0.000000314. The van der Waals surface area contributed by atoms with Crippen LogP contribution in [0, 0.1) is 0 Å². The molecule has 2 aromatic carbocycles. The summed E-state index contributed by atoms with van der Waals surface area (Å²) in [5, 5.41) is 10.6. The zero-order valence-electron chi connectivity index (χ0n) is 29.7. The number of pyridine rings is 2. The maximum atomic E-state index is 12.2. The van der Waals surface area contributed by atoms with Crippen LogP contribution in [0.4, 0.5) is 0 Å². The molecule has 0 radical (unpaired) electrons. The number of carbonyl (C=O) groups is 4. The van der Waals surface area contributed by atoms with Crippen molar-refractivity contribution in [2.75, 3.05) is 40.9 Å². The molecule has 1 unspecified atom stereocenters. The summed E-state index contributed by atoms with van der Waals surface area (Å²) in [7, 11) is 4.40. The smallest absolute Gasteiger partial charge is 0.854 e. The molecule has 0 aliphatic carbocycles. The Morgan fingerprint density at radius 1 is 0.923 bits per heavy atom. The van der Waals surface area contributed by atoms with Gasteiger partial charge in [0.1, 0.15) is 41.2 Å². The van der Waals surface area contributed by atoms with Gasteiger partial charge in [0.05, 0.1) is 25.8 Å². The van der Waals surface area contributed by atoms with Crippen molar-refractivity contribution < 1.29 is 89.9 Å². The Morgan fingerprint density at radius 2 is 1.50 bits per heavy atom. The maximum absolute atomic E-state index is 12.2. The summed E-state index contributed by atoms with van der Waals surface area (Å²) in [6, 6.07) is 20.6. The van der Waals surface area contributed by atoms with E-state index in [1.807, 2.05) is 6.92 Å². The maximum Gasteiger partial charge on any atom is 1.00 e. The number of esters is 1. The molecule has 1 fully saturated rings. The second-order valence-corrected chi connectivity index (χ2v) is 12.0. The summed E-state index contributed by atoms with van der Waals surface area (Å²) < 4.78 is 16.1. The average Bonchev–Trinajstić information content (AvgIpc) is 3.36. The number of hydrogen-bond acceptors (Lipinski definition) is 10. The Labute approximate surface area is 355 Å². The van der Waals surface area contributed by atoms with Crippen molar-refractivity contribution in [3.05, 3.63) is 107 Å². The van der Waals surface area contributed by atoms with Crippen LogP contribution in [0.5, 0.6) is 23.0 Å². The van der Waals surface area contributed by atoms with Crippen LogP contribution in [0.3, 0.4) is 0 Å². The second-order valence-electron chi connectivity index (χ2n) is 11.1. The summed E-state index contributed by atoms with van der Waals surface area (Å²) >= 11 is 11.9. The van der Waals surface area contributed by atoms with E-state index in [2.05, 4.69) is 14.7 Å². The summed E-state index contributed by atoms with van der Waals surface area (Å²) in [6.45, 7) is 2.08. The van der Waals surface area contributed by atoms with Crippen LogP contribution in [0.1, 0.15) is 37.1 Å². The minimum Gasteiger partial charge on any atom is -0.854 e. The molecule has 15 heteroatoms. The molecule has 3 heterocycles. The Bertz CT molecular complexity index is 1800. The fourth-order valence-corrected chi connectivity index (χ4v) is 4.83. The molecule has 1 saturated heterocycles. The van der Waals surface area contributed by atoms with Gasteiger partial charge in [0.15, 0.2) is 5.78 Å². The first-order valence-electron chi connectivity index (χ1n) is 15.9. The van der Waals surface area contributed by atoms with Gasteiger partial charge in [-0.2, -0.15) is 0 Å². The number of ketones is 1. The number of likely N-dealkylation sites (N-methyl/N-ethyl adjacent to an activating group) is 2. The molecular formula is C37H39Cl2KN4O8. The molecule has 1 atom stereocenters. The number of amides is 2. The number of rotatable bonds is 11. The van der Waals surface area contributed by atoms with Gasteiger partial charge < -0.3 is 29.1 Å². The molecule has 0 bridgehead atoms. The van der Waals surface area contributed by atoms with Gasteiger partial charge in [-0.25, -0.2) is 0 Å². The molecule has 1 aliphatic rings. The quantitative estimate of drug-likeness (QED) is 0.126. The predicted molar refractivity (Wildman–Crippen MR) is 190 cm³/mol. The van der Waals surface area contributed by atoms with Gasteiger partial charge in [-0.3, -0.25) is 29.1 Å². The number of Topliss-reactive ketones (excluding diaryl/α,β-unsaturated/α-hetero) is 1. The zero-order valence-corrected chi connectivity index (χ0v) is 34.3. The number of likely N-dealkylation sites (tertiary alicyclic amines) is 1. The Hall–Kier alpha value is -3.40. The number of aromatic nitrogens is 2. The molecule has 52 heavy (non-hydrogen) atoms. The molecular weight excluding hydrogens is 738 g/mol. The van der Waals surface area contributed by atoms with Crippen molar-refractivity contribution in [2.45, 2.75) is 32.1 Å². The molecule has 4 aromatic rings. The summed E-state index contributed by atoms with van der Waals surface area (Å²) in [4.78, 5) is 58.8. The third kappa shape index (κ3) is 14.2. The standard InChI is InChI=1S/C17H17ClN2O4.C16H13ClN2O3.C4H9O.K/c1-20(11-17(22)23-2)16(21)10-14-15(7-4-8-19-14)24-13-6-3-5-12(18)9-13;1-19-9-12(20)14(16(19)21)15-13(6-3-7-18-15)22-11-5-2-4-10(17)8-11;1-2-3-4-5;/h3-9H,10-11H2,1-2H3;2-8,14H,9H2,1H3;2-4H2,1H3;/q;;-1;+1. The molecule has 2 amide bonds. The Kier molecular flexibility index (Phi) is 20.1. The SMILES string of the molecule is CCCC[O-].CN1CC(=O)C(c2ncccc2Oc2cccc(Cl)c2)C1=O.COC(=O)CN(C)C(=O)Cc1ncccc1Oc1cccc(Cl)c1.[K+]. The molecule has 0 N–H and O–H groups in total. The molecule has 0 spiro atoms. The van der Waals surface area contributed by atoms with Crippen LogP contribution in [0.15, 0.2) is 85.2 Å². The van der Waals surface area contributed by atoms with Crippen molar-refractivity contribution in [1.82, 2.24) is 19.8 Å². The van der Waals surface area contributed by atoms with Gasteiger partial charge >= 0.3 is 57.4 Å². The van der Waals surface area contributed by atoms with Crippen LogP contribution in [-0.4, -0.2) is 84.2 Å². The van der Waals surface area contributed by atoms with Gasteiger partial charge in [0.2, 0.25) is 11.8 Å². The molecule has 1 aliphatic heterocycles. The second kappa shape index (κ2) is 23.3. The van der Waals surface area contributed by atoms with Gasteiger partial charge in [0.25, 0.3) is 0 Å².